The third-order valence-corrected chi connectivity index (χ3v) is 2.99. The molecule has 18 heavy (non-hydrogen) atoms. The van der Waals surface area contributed by atoms with Crippen LogP contribution >= 0.6 is 11.6 Å². The van der Waals surface area contributed by atoms with Crippen LogP contribution < -0.4 is 5.32 Å². The molecule has 5 nitrogen and oxygen atoms in total. The van der Waals surface area contributed by atoms with E-state index < -0.39 is 18.5 Å². The number of hydrogen-bond donors (Lipinski definition) is 2. The van der Waals surface area contributed by atoms with E-state index in [2.05, 4.69) is 5.32 Å². The van der Waals surface area contributed by atoms with Gasteiger partial charge in [0, 0.05) is 12.1 Å². The van der Waals surface area contributed by atoms with Crippen LogP contribution in [0.4, 0.5) is 4.79 Å². The Bertz CT molecular complexity index is 451. The molecule has 0 bridgehead atoms. The van der Waals surface area contributed by atoms with Crippen molar-refractivity contribution in [1.29, 1.82) is 0 Å². The first kappa shape index (κ1) is 14.3. The van der Waals surface area contributed by atoms with Crippen LogP contribution in [-0.4, -0.2) is 35.6 Å². The number of aliphatic carboxylic acids is 1. The van der Waals surface area contributed by atoms with Gasteiger partial charge in [-0.3, -0.25) is 4.79 Å². The standard InChI is InChI=1S/C12H15ClN2O3/c1-8(9-5-3-4-6-10(9)13)15(2)12(18)14-7-11(16)17/h3-6,8H,7H2,1-2H3,(H,14,18)(H,16,17). The first-order chi connectivity index (χ1) is 8.43. The van der Waals surface area contributed by atoms with Gasteiger partial charge in [-0.15, -0.1) is 0 Å². The average Bonchev–Trinajstić information content (AvgIpc) is 2.34. The highest BCUT2D eigenvalue weighted by Crippen LogP contribution is 2.25. The van der Waals surface area contributed by atoms with Crippen molar-refractivity contribution in [1.82, 2.24) is 10.2 Å². The highest BCUT2D eigenvalue weighted by Gasteiger charge is 2.19. The Hall–Kier alpha value is -1.75. The topological polar surface area (TPSA) is 69.6 Å². The van der Waals surface area contributed by atoms with E-state index in [1.807, 2.05) is 25.1 Å². The summed E-state index contributed by atoms with van der Waals surface area (Å²) in [4.78, 5) is 23.5. The molecule has 2 N–H and O–H groups in total. The molecule has 1 atom stereocenters. The van der Waals surface area contributed by atoms with Crippen molar-refractivity contribution in [3.63, 3.8) is 0 Å². The summed E-state index contributed by atoms with van der Waals surface area (Å²) in [6.07, 6.45) is 0. The number of urea groups is 1. The van der Waals surface area contributed by atoms with E-state index in [-0.39, 0.29) is 6.04 Å². The van der Waals surface area contributed by atoms with Crippen LogP contribution in [0.2, 0.25) is 5.02 Å². The third-order valence-electron chi connectivity index (χ3n) is 2.65. The van der Waals surface area contributed by atoms with Gasteiger partial charge >= 0.3 is 12.0 Å². The highest BCUT2D eigenvalue weighted by molar-refractivity contribution is 6.31. The molecule has 0 fully saturated rings. The van der Waals surface area contributed by atoms with Gasteiger partial charge < -0.3 is 15.3 Å². The molecule has 98 valence electrons. The molecule has 0 aliphatic carbocycles. The van der Waals surface area contributed by atoms with Crippen LogP contribution in [0.5, 0.6) is 0 Å². The van der Waals surface area contributed by atoms with E-state index in [1.54, 1.807) is 13.1 Å². The van der Waals surface area contributed by atoms with Crippen molar-refractivity contribution in [2.24, 2.45) is 0 Å². The van der Waals surface area contributed by atoms with Gasteiger partial charge in [-0.2, -0.15) is 0 Å². The van der Waals surface area contributed by atoms with E-state index in [0.717, 1.165) is 5.56 Å². The predicted molar refractivity (Wildman–Crippen MR) is 68.7 cm³/mol. The van der Waals surface area contributed by atoms with Crippen molar-refractivity contribution < 1.29 is 14.7 Å². The maximum absolute atomic E-state index is 11.7. The molecule has 0 aliphatic rings. The van der Waals surface area contributed by atoms with Gasteiger partial charge in [0.15, 0.2) is 0 Å². The Morgan fingerprint density at radius 3 is 2.61 bits per heavy atom. The maximum atomic E-state index is 11.7. The number of hydrogen-bond acceptors (Lipinski definition) is 2. The van der Waals surface area contributed by atoms with Crippen molar-refractivity contribution in [2.45, 2.75) is 13.0 Å². The highest BCUT2D eigenvalue weighted by atomic mass is 35.5. The molecule has 1 rings (SSSR count). The predicted octanol–water partition coefficient (Wildman–Crippen LogP) is 2.13. The first-order valence-corrected chi connectivity index (χ1v) is 5.78. The lowest BCUT2D eigenvalue weighted by molar-refractivity contribution is -0.135. The second-order valence-electron chi connectivity index (χ2n) is 3.86. The molecule has 0 aromatic heterocycles. The second kappa shape index (κ2) is 6.26. The Morgan fingerprint density at radius 2 is 2.06 bits per heavy atom. The first-order valence-electron chi connectivity index (χ1n) is 5.40. The molecule has 0 spiro atoms. The van der Waals surface area contributed by atoms with E-state index in [1.165, 1.54) is 4.90 Å². The summed E-state index contributed by atoms with van der Waals surface area (Å²) in [6, 6.07) is 6.52. The van der Waals surface area contributed by atoms with Crippen LogP contribution in [0.25, 0.3) is 0 Å². The normalized spacial score (nSPS) is 11.7. The number of amides is 2. The summed E-state index contributed by atoms with van der Waals surface area (Å²) in [7, 11) is 1.59. The van der Waals surface area contributed by atoms with Crippen LogP contribution in [0.15, 0.2) is 24.3 Å². The van der Waals surface area contributed by atoms with Gasteiger partial charge in [-0.05, 0) is 18.6 Å². The fraction of sp³-hybridized carbons (Fsp3) is 0.333. The van der Waals surface area contributed by atoms with Crippen molar-refractivity contribution in [3.8, 4) is 0 Å². The van der Waals surface area contributed by atoms with E-state index in [4.69, 9.17) is 16.7 Å². The zero-order valence-corrected chi connectivity index (χ0v) is 10.9. The van der Waals surface area contributed by atoms with Crippen LogP contribution in [0, 0.1) is 0 Å². The number of nitrogens with one attached hydrogen (secondary N) is 1. The Labute approximate surface area is 110 Å². The number of carboxylic acid groups (broad SMARTS) is 1. The molecule has 1 aromatic rings. The Kier molecular flexibility index (Phi) is 4.97. The molecule has 2 amide bonds. The Balaban J connectivity index is 2.72. The molecule has 0 aliphatic heterocycles. The van der Waals surface area contributed by atoms with Gasteiger partial charge in [0.2, 0.25) is 0 Å². The summed E-state index contributed by atoms with van der Waals surface area (Å²) in [5.74, 6) is -1.08. The largest absolute Gasteiger partial charge is 0.480 e. The molecular formula is C12H15ClN2O3. The van der Waals surface area contributed by atoms with Crippen LogP contribution in [-0.2, 0) is 4.79 Å². The SMILES string of the molecule is CC(c1ccccc1Cl)N(C)C(=O)NCC(=O)O. The minimum atomic E-state index is -1.08. The zero-order valence-electron chi connectivity index (χ0n) is 10.2. The average molecular weight is 271 g/mol. The minimum Gasteiger partial charge on any atom is -0.480 e. The van der Waals surface area contributed by atoms with E-state index >= 15 is 0 Å². The maximum Gasteiger partial charge on any atom is 0.323 e. The number of halogens is 1. The fourth-order valence-electron chi connectivity index (χ4n) is 1.47. The van der Waals surface area contributed by atoms with Gasteiger partial charge in [0.05, 0.1) is 6.04 Å². The lowest BCUT2D eigenvalue weighted by Gasteiger charge is -2.25. The third kappa shape index (κ3) is 3.63. The van der Waals surface area contributed by atoms with E-state index in [9.17, 15) is 9.59 Å². The number of nitrogens with zero attached hydrogens (tertiary/aromatic N) is 1. The minimum absolute atomic E-state index is 0.243. The molecule has 0 radical (unpaired) electrons. The second-order valence-corrected chi connectivity index (χ2v) is 4.27. The van der Waals surface area contributed by atoms with Gasteiger partial charge in [-0.25, -0.2) is 4.79 Å². The van der Waals surface area contributed by atoms with Crippen molar-refractivity contribution in [3.05, 3.63) is 34.9 Å². The Morgan fingerprint density at radius 1 is 1.44 bits per heavy atom. The number of rotatable bonds is 4. The van der Waals surface area contributed by atoms with Gasteiger partial charge in [0.25, 0.3) is 0 Å². The van der Waals surface area contributed by atoms with Crippen molar-refractivity contribution in [2.75, 3.05) is 13.6 Å². The zero-order chi connectivity index (χ0) is 13.7. The monoisotopic (exact) mass is 270 g/mol. The number of carbonyl (C=O) groups excluding carboxylic acids is 1. The molecule has 6 heteroatoms. The van der Waals surface area contributed by atoms with Gasteiger partial charge in [-0.1, -0.05) is 29.8 Å². The summed E-state index contributed by atoms with van der Waals surface area (Å²) in [6.45, 7) is 1.42. The summed E-state index contributed by atoms with van der Waals surface area (Å²) in [5.41, 5.74) is 0.812. The van der Waals surface area contributed by atoms with Crippen molar-refractivity contribution >= 4 is 23.6 Å². The summed E-state index contributed by atoms with van der Waals surface area (Å²) < 4.78 is 0. The molecule has 1 aromatic carbocycles. The molecule has 0 saturated heterocycles. The van der Waals surface area contributed by atoms with Crippen LogP contribution in [0.3, 0.4) is 0 Å². The fourth-order valence-corrected chi connectivity index (χ4v) is 1.77. The number of carbonyl (C=O) groups is 2. The lowest BCUT2D eigenvalue weighted by atomic mass is 10.1. The smallest absolute Gasteiger partial charge is 0.323 e. The molecular weight excluding hydrogens is 256 g/mol. The van der Waals surface area contributed by atoms with Gasteiger partial charge in [0.1, 0.15) is 6.54 Å². The summed E-state index contributed by atoms with van der Waals surface area (Å²) in [5, 5.41) is 11.4. The van der Waals surface area contributed by atoms with Crippen LogP contribution in [0.1, 0.15) is 18.5 Å². The van der Waals surface area contributed by atoms with E-state index in [0.29, 0.717) is 5.02 Å². The number of benzene rings is 1. The molecule has 0 heterocycles. The molecule has 0 saturated carbocycles. The summed E-state index contributed by atoms with van der Waals surface area (Å²) >= 11 is 6.04. The quantitative estimate of drug-likeness (QED) is 0.880. The lowest BCUT2D eigenvalue weighted by Crippen LogP contribution is -2.41. The number of carboxylic acids is 1. The molecule has 1 unspecified atom stereocenters.